The largest absolute Gasteiger partial charge is 0.0628 e. The highest BCUT2D eigenvalue weighted by atomic mass is 31.2. The summed E-state index contributed by atoms with van der Waals surface area (Å²) in [5, 5.41) is 0. The Morgan fingerprint density at radius 1 is 1.10 bits per heavy atom. The van der Waals surface area contributed by atoms with Crippen molar-refractivity contribution < 1.29 is 0 Å². The number of rotatable bonds is 4. The van der Waals surface area contributed by atoms with Gasteiger partial charge in [-0.2, -0.15) is 0 Å². The van der Waals surface area contributed by atoms with Crippen molar-refractivity contribution in [2.24, 2.45) is 5.92 Å². The molecule has 0 unspecified atom stereocenters. The van der Waals surface area contributed by atoms with Crippen LogP contribution in [0, 0.1) is 5.92 Å². The molecule has 0 radical (unpaired) electrons. The maximum Gasteiger partial charge on any atom is 0.0586 e. The van der Waals surface area contributed by atoms with Gasteiger partial charge in [0.15, 0.2) is 0 Å². The third-order valence-corrected chi connectivity index (χ3v) is 3.27. The molecule has 0 aliphatic carbocycles. The summed E-state index contributed by atoms with van der Waals surface area (Å²) in [6, 6.07) is 0. The van der Waals surface area contributed by atoms with Crippen LogP contribution in [0.3, 0.4) is 0 Å². The summed E-state index contributed by atoms with van der Waals surface area (Å²) in [5.74, 6) is 0.895. The molecule has 62 valence electrons. The normalized spacial score (nSPS) is 12.6. The summed E-state index contributed by atoms with van der Waals surface area (Å²) in [7, 11) is -0.472. The first-order chi connectivity index (χ1) is 4.42. The fourth-order valence-corrected chi connectivity index (χ4v) is 2.11. The van der Waals surface area contributed by atoms with E-state index in [1.807, 2.05) is 0 Å². The molecular weight excluding hydrogens is 139 g/mol. The molecule has 0 aromatic heterocycles. The quantitative estimate of drug-likeness (QED) is 0.555. The Labute approximate surface area is 66.7 Å². The van der Waals surface area contributed by atoms with Crippen LogP contribution < -0.4 is 0 Å². The van der Waals surface area contributed by atoms with Gasteiger partial charge in [0.25, 0.3) is 0 Å². The van der Waals surface area contributed by atoms with Gasteiger partial charge in [0.1, 0.15) is 0 Å². The van der Waals surface area contributed by atoms with Crippen molar-refractivity contribution in [2.75, 3.05) is 26.2 Å². The van der Waals surface area contributed by atoms with Crippen LogP contribution in [-0.4, -0.2) is 26.2 Å². The molecule has 0 fully saturated rings. The van der Waals surface area contributed by atoms with Crippen molar-refractivity contribution >= 4 is 7.26 Å². The second kappa shape index (κ2) is 4.34. The van der Waals surface area contributed by atoms with Gasteiger partial charge in [0.2, 0.25) is 0 Å². The Balaban J connectivity index is 3.21. The summed E-state index contributed by atoms with van der Waals surface area (Å²) in [4.78, 5) is 0. The second-order valence-electron chi connectivity index (χ2n) is 4.55. The summed E-state index contributed by atoms with van der Waals surface area (Å²) in [6.45, 7) is 11.9. The average Bonchev–Trinajstić information content (AvgIpc) is 1.59. The zero-order chi connectivity index (χ0) is 8.20. The molecule has 1 heteroatoms. The van der Waals surface area contributed by atoms with Gasteiger partial charge in [0, 0.05) is 27.3 Å². The lowest BCUT2D eigenvalue weighted by molar-refractivity contribution is 0.578. The molecule has 0 spiro atoms. The summed E-state index contributed by atoms with van der Waals surface area (Å²) in [6.07, 6.45) is 4.33. The van der Waals surface area contributed by atoms with Crippen LogP contribution in [0.15, 0.2) is 0 Å². The Bertz CT molecular complexity index is 79.2. The Morgan fingerprint density at radius 3 is 1.90 bits per heavy atom. The third-order valence-electron chi connectivity index (χ3n) is 1.61. The van der Waals surface area contributed by atoms with E-state index in [2.05, 4.69) is 33.8 Å². The van der Waals surface area contributed by atoms with Gasteiger partial charge in [0.05, 0.1) is 6.16 Å². The van der Waals surface area contributed by atoms with Gasteiger partial charge in [-0.1, -0.05) is 13.8 Å². The molecular formula is C9H22P+. The highest BCUT2D eigenvalue weighted by Crippen LogP contribution is 2.47. The van der Waals surface area contributed by atoms with E-state index >= 15 is 0 Å². The van der Waals surface area contributed by atoms with Crippen molar-refractivity contribution in [1.29, 1.82) is 0 Å². The highest BCUT2D eigenvalue weighted by Gasteiger charge is 2.15. The zero-order valence-corrected chi connectivity index (χ0v) is 9.04. The van der Waals surface area contributed by atoms with Crippen LogP contribution in [0.2, 0.25) is 0 Å². The predicted octanol–water partition coefficient (Wildman–Crippen LogP) is 3.33. The molecule has 0 rings (SSSR count). The molecule has 10 heavy (non-hydrogen) atoms. The summed E-state index contributed by atoms with van der Waals surface area (Å²) in [5.41, 5.74) is 0. The molecule has 0 heterocycles. The fourth-order valence-electron chi connectivity index (χ4n) is 0.974. The summed E-state index contributed by atoms with van der Waals surface area (Å²) < 4.78 is 0. The van der Waals surface area contributed by atoms with Crippen LogP contribution in [-0.2, 0) is 0 Å². The summed E-state index contributed by atoms with van der Waals surface area (Å²) >= 11 is 0. The van der Waals surface area contributed by atoms with Crippen LogP contribution in [0.5, 0.6) is 0 Å². The maximum absolute atomic E-state index is 2.42. The molecule has 0 bridgehead atoms. The van der Waals surface area contributed by atoms with Gasteiger partial charge < -0.3 is 0 Å². The second-order valence-corrected chi connectivity index (χ2v) is 9.58. The number of hydrogen-bond acceptors (Lipinski definition) is 0. The Kier molecular flexibility index (Phi) is 4.52. The molecule has 0 aromatic rings. The fraction of sp³-hybridized carbons (Fsp3) is 1.00. The van der Waals surface area contributed by atoms with E-state index in [-0.39, 0.29) is 0 Å². The molecule has 0 aliphatic rings. The van der Waals surface area contributed by atoms with E-state index < -0.39 is 7.26 Å². The highest BCUT2D eigenvalue weighted by molar-refractivity contribution is 7.73. The van der Waals surface area contributed by atoms with Crippen LogP contribution in [0.25, 0.3) is 0 Å². The van der Waals surface area contributed by atoms with Crippen LogP contribution >= 0.6 is 7.26 Å². The van der Waals surface area contributed by atoms with Crippen molar-refractivity contribution in [1.82, 2.24) is 0 Å². The van der Waals surface area contributed by atoms with Crippen molar-refractivity contribution in [3.05, 3.63) is 0 Å². The molecule has 0 saturated heterocycles. The minimum atomic E-state index is -0.472. The van der Waals surface area contributed by atoms with Gasteiger partial charge in [-0.05, 0) is 18.8 Å². The average molecular weight is 161 g/mol. The maximum atomic E-state index is 2.42. The van der Waals surface area contributed by atoms with Gasteiger partial charge >= 0.3 is 0 Å². The van der Waals surface area contributed by atoms with E-state index in [1.165, 1.54) is 19.0 Å². The molecule has 0 amide bonds. The topological polar surface area (TPSA) is 0 Å². The van der Waals surface area contributed by atoms with Gasteiger partial charge in [-0.15, -0.1) is 0 Å². The smallest absolute Gasteiger partial charge is 0.0586 e. The minimum Gasteiger partial charge on any atom is -0.0628 e. The van der Waals surface area contributed by atoms with Gasteiger partial charge in [-0.3, -0.25) is 0 Å². The van der Waals surface area contributed by atoms with Crippen molar-refractivity contribution in [3.63, 3.8) is 0 Å². The Hall–Kier alpha value is 0.430. The van der Waals surface area contributed by atoms with E-state index in [4.69, 9.17) is 0 Å². The van der Waals surface area contributed by atoms with Crippen molar-refractivity contribution in [3.8, 4) is 0 Å². The SMILES string of the molecule is CC(C)CCC[P+](C)(C)C. The lowest BCUT2D eigenvalue weighted by Crippen LogP contribution is -1.95. The standard InChI is InChI=1S/C9H22P/c1-9(2)7-6-8-10(3,4)5/h9H,6-8H2,1-5H3/q+1. The first-order valence-electron chi connectivity index (χ1n) is 4.22. The molecule has 0 aliphatic heterocycles. The minimum absolute atomic E-state index is 0.472. The van der Waals surface area contributed by atoms with Crippen LogP contribution in [0.1, 0.15) is 26.7 Å². The molecule has 0 atom stereocenters. The zero-order valence-electron chi connectivity index (χ0n) is 8.15. The Morgan fingerprint density at radius 2 is 1.60 bits per heavy atom. The lowest BCUT2D eigenvalue weighted by Gasteiger charge is -2.11. The lowest BCUT2D eigenvalue weighted by atomic mass is 10.1. The third kappa shape index (κ3) is 8.43. The first kappa shape index (κ1) is 10.4. The van der Waals surface area contributed by atoms with E-state index in [0.717, 1.165) is 5.92 Å². The predicted molar refractivity (Wildman–Crippen MR) is 53.6 cm³/mol. The van der Waals surface area contributed by atoms with E-state index in [9.17, 15) is 0 Å². The molecule has 0 nitrogen and oxygen atoms in total. The number of hydrogen-bond donors (Lipinski definition) is 0. The molecule has 0 saturated carbocycles. The van der Waals surface area contributed by atoms with E-state index in [1.54, 1.807) is 0 Å². The van der Waals surface area contributed by atoms with Crippen molar-refractivity contribution in [2.45, 2.75) is 26.7 Å². The molecule has 0 aromatic carbocycles. The van der Waals surface area contributed by atoms with Crippen LogP contribution in [0.4, 0.5) is 0 Å². The van der Waals surface area contributed by atoms with Gasteiger partial charge in [-0.25, -0.2) is 0 Å². The molecule has 0 N–H and O–H groups in total. The monoisotopic (exact) mass is 161 g/mol. The first-order valence-corrected chi connectivity index (χ1v) is 7.54. The van der Waals surface area contributed by atoms with E-state index in [0.29, 0.717) is 0 Å².